The van der Waals surface area contributed by atoms with Gasteiger partial charge in [0.1, 0.15) is 0 Å². The van der Waals surface area contributed by atoms with Crippen LogP contribution < -0.4 is 0 Å². The van der Waals surface area contributed by atoms with Gasteiger partial charge in [0.15, 0.2) is 0 Å². The van der Waals surface area contributed by atoms with Crippen LogP contribution in [0, 0.1) is 0 Å². The standard InChI is InChI=1S/C9H15N/c1-5-8(3)9(6-2)7-10-4/h7H,3-6H2,1-2H3/b9-7-. The first-order valence-electron chi connectivity index (χ1n) is 3.59. The van der Waals surface area contributed by atoms with Crippen LogP contribution >= 0.6 is 0 Å². The van der Waals surface area contributed by atoms with Gasteiger partial charge in [0.25, 0.3) is 0 Å². The summed E-state index contributed by atoms with van der Waals surface area (Å²) in [5.41, 5.74) is 2.37. The first-order valence-corrected chi connectivity index (χ1v) is 3.59. The Bertz CT molecular complexity index is 154. The fraction of sp³-hybridized carbons (Fsp3) is 0.444. The lowest BCUT2D eigenvalue weighted by Crippen LogP contribution is -1.83. The fourth-order valence-corrected chi connectivity index (χ4v) is 0.770. The quantitative estimate of drug-likeness (QED) is 0.417. The SMILES string of the molecule is C=N/C=C(/CC)C(=C)CC. The summed E-state index contributed by atoms with van der Waals surface area (Å²) in [6.45, 7) is 11.5. The molecule has 0 radical (unpaired) electrons. The monoisotopic (exact) mass is 137 g/mol. The molecule has 0 aliphatic carbocycles. The van der Waals surface area contributed by atoms with Crippen molar-refractivity contribution in [2.24, 2.45) is 4.99 Å². The Hall–Kier alpha value is -0.850. The lowest BCUT2D eigenvalue weighted by atomic mass is 10.0. The third kappa shape index (κ3) is 2.62. The molecule has 0 fully saturated rings. The number of hydrogen-bond donors (Lipinski definition) is 0. The Morgan fingerprint density at radius 1 is 1.40 bits per heavy atom. The van der Waals surface area contributed by atoms with Crippen LogP contribution in [0.1, 0.15) is 26.7 Å². The lowest BCUT2D eigenvalue weighted by Gasteiger charge is -2.02. The van der Waals surface area contributed by atoms with E-state index in [0.29, 0.717) is 0 Å². The van der Waals surface area contributed by atoms with E-state index in [2.05, 4.69) is 32.1 Å². The van der Waals surface area contributed by atoms with Gasteiger partial charge >= 0.3 is 0 Å². The van der Waals surface area contributed by atoms with Crippen LogP contribution in [0.5, 0.6) is 0 Å². The highest BCUT2D eigenvalue weighted by Crippen LogP contribution is 2.14. The van der Waals surface area contributed by atoms with Crippen molar-refractivity contribution >= 4 is 6.72 Å². The maximum absolute atomic E-state index is 3.91. The van der Waals surface area contributed by atoms with Gasteiger partial charge in [-0.2, -0.15) is 0 Å². The predicted molar refractivity (Wildman–Crippen MR) is 47.4 cm³/mol. The summed E-state index contributed by atoms with van der Waals surface area (Å²) in [4.78, 5) is 3.70. The molecular weight excluding hydrogens is 122 g/mol. The van der Waals surface area contributed by atoms with Crippen LogP contribution in [-0.4, -0.2) is 6.72 Å². The molecule has 10 heavy (non-hydrogen) atoms. The lowest BCUT2D eigenvalue weighted by molar-refractivity contribution is 1.02. The molecule has 0 aliphatic rings. The average molecular weight is 137 g/mol. The third-order valence-corrected chi connectivity index (χ3v) is 1.51. The van der Waals surface area contributed by atoms with Crippen molar-refractivity contribution in [3.05, 3.63) is 23.9 Å². The zero-order chi connectivity index (χ0) is 7.98. The summed E-state index contributed by atoms with van der Waals surface area (Å²) in [5, 5.41) is 0. The van der Waals surface area contributed by atoms with Crippen LogP contribution in [0.4, 0.5) is 0 Å². The second-order valence-electron chi connectivity index (χ2n) is 2.15. The van der Waals surface area contributed by atoms with E-state index < -0.39 is 0 Å². The van der Waals surface area contributed by atoms with E-state index in [4.69, 9.17) is 0 Å². The number of rotatable bonds is 4. The van der Waals surface area contributed by atoms with Gasteiger partial charge in [0.2, 0.25) is 0 Å². The van der Waals surface area contributed by atoms with Gasteiger partial charge in [0, 0.05) is 6.20 Å². The van der Waals surface area contributed by atoms with Crippen molar-refractivity contribution in [3.63, 3.8) is 0 Å². The van der Waals surface area contributed by atoms with E-state index in [-0.39, 0.29) is 0 Å². The van der Waals surface area contributed by atoms with Gasteiger partial charge in [0.05, 0.1) is 0 Å². The highest BCUT2D eigenvalue weighted by atomic mass is 14.6. The first kappa shape index (κ1) is 9.15. The Labute approximate surface area is 63.2 Å². The molecule has 0 rings (SSSR count). The Kier molecular flexibility index (Phi) is 4.55. The van der Waals surface area contributed by atoms with Crippen LogP contribution in [0.3, 0.4) is 0 Å². The zero-order valence-corrected chi connectivity index (χ0v) is 6.85. The molecule has 0 aromatic heterocycles. The maximum Gasteiger partial charge on any atom is 0.0295 e. The van der Waals surface area contributed by atoms with Crippen molar-refractivity contribution in [2.75, 3.05) is 0 Å². The molecule has 0 atom stereocenters. The molecule has 0 aromatic rings. The third-order valence-electron chi connectivity index (χ3n) is 1.51. The summed E-state index contributed by atoms with van der Waals surface area (Å²) >= 11 is 0. The molecule has 0 aromatic carbocycles. The predicted octanol–water partition coefficient (Wildman–Crippen LogP) is 2.95. The highest BCUT2D eigenvalue weighted by Gasteiger charge is 1.95. The van der Waals surface area contributed by atoms with Crippen LogP contribution in [-0.2, 0) is 0 Å². The number of hydrogen-bond acceptors (Lipinski definition) is 1. The van der Waals surface area contributed by atoms with E-state index in [9.17, 15) is 0 Å². The van der Waals surface area contributed by atoms with Crippen molar-refractivity contribution < 1.29 is 0 Å². The van der Waals surface area contributed by atoms with Crippen molar-refractivity contribution in [2.45, 2.75) is 26.7 Å². The van der Waals surface area contributed by atoms with Gasteiger partial charge in [-0.15, -0.1) is 0 Å². The summed E-state index contributed by atoms with van der Waals surface area (Å²) in [6.07, 6.45) is 3.77. The van der Waals surface area contributed by atoms with E-state index in [1.54, 1.807) is 6.20 Å². The van der Waals surface area contributed by atoms with Gasteiger partial charge in [-0.05, 0) is 25.1 Å². The Balaban J connectivity index is 4.19. The molecule has 0 unspecified atom stereocenters. The van der Waals surface area contributed by atoms with Crippen molar-refractivity contribution in [1.29, 1.82) is 0 Å². The Morgan fingerprint density at radius 2 is 2.00 bits per heavy atom. The van der Waals surface area contributed by atoms with Gasteiger partial charge < -0.3 is 0 Å². The van der Waals surface area contributed by atoms with Crippen LogP contribution in [0.2, 0.25) is 0 Å². The summed E-state index contributed by atoms with van der Waals surface area (Å²) in [7, 11) is 0. The molecule has 0 spiro atoms. The average Bonchev–Trinajstić information content (AvgIpc) is 1.99. The summed E-state index contributed by atoms with van der Waals surface area (Å²) in [5.74, 6) is 0. The zero-order valence-electron chi connectivity index (χ0n) is 6.85. The van der Waals surface area contributed by atoms with Crippen molar-refractivity contribution in [3.8, 4) is 0 Å². The minimum Gasteiger partial charge on any atom is -0.272 e. The molecule has 0 aliphatic heterocycles. The largest absolute Gasteiger partial charge is 0.272 e. The number of allylic oxidation sites excluding steroid dienone is 2. The molecule has 0 N–H and O–H groups in total. The topological polar surface area (TPSA) is 12.4 Å². The summed E-state index contributed by atoms with van der Waals surface area (Å²) < 4.78 is 0. The molecule has 56 valence electrons. The second kappa shape index (κ2) is 4.98. The molecule has 0 bridgehead atoms. The molecule has 0 saturated carbocycles. The van der Waals surface area contributed by atoms with E-state index in [1.165, 1.54) is 5.57 Å². The van der Waals surface area contributed by atoms with Gasteiger partial charge in [-0.1, -0.05) is 26.0 Å². The fourth-order valence-electron chi connectivity index (χ4n) is 0.770. The summed E-state index contributed by atoms with van der Waals surface area (Å²) in [6, 6.07) is 0. The molecule has 1 nitrogen and oxygen atoms in total. The van der Waals surface area contributed by atoms with Crippen LogP contribution in [0.15, 0.2) is 28.9 Å². The first-order chi connectivity index (χ1) is 4.76. The van der Waals surface area contributed by atoms with E-state index in [1.807, 2.05) is 0 Å². The van der Waals surface area contributed by atoms with Crippen LogP contribution in [0.25, 0.3) is 0 Å². The maximum atomic E-state index is 3.91. The highest BCUT2D eigenvalue weighted by molar-refractivity contribution is 5.32. The van der Waals surface area contributed by atoms with E-state index in [0.717, 1.165) is 18.4 Å². The number of aliphatic imine (C=N–C) groups is 1. The molecule has 0 amide bonds. The van der Waals surface area contributed by atoms with Gasteiger partial charge in [-0.25, -0.2) is 0 Å². The Morgan fingerprint density at radius 3 is 2.30 bits per heavy atom. The minimum atomic E-state index is 0.992. The molecule has 1 heteroatoms. The molecule has 0 heterocycles. The second-order valence-corrected chi connectivity index (χ2v) is 2.15. The van der Waals surface area contributed by atoms with E-state index >= 15 is 0 Å². The minimum absolute atomic E-state index is 0.992. The van der Waals surface area contributed by atoms with Gasteiger partial charge in [-0.3, -0.25) is 4.99 Å². The number of nitrogens with zero attached hydrogens (tertiary/aromatic N) is 1. The molecular formula is C9H15N. The normalized spacial score (nSPS) is 11.2. The smallest absolute Gasteiger partial charge is 0.0295 e. The van der Waals surface area contributed by atoms with Crippen molar-refractivity contribution in [1.82, 2.24) is 0 Å². The molecule has 0 saturated heterocycles.